The van der Waals surface area contributed by atoms with Crippen molar-refractivity contribution < 1.29 is 4.42 Å². The highest BCUT2D eigenvalue weighted by molar-refractivity contribution is 5.61. The number of hydrogen-bond acceptors (Lipinski definition) is 4. The van der Waals surface area contributed by atoms with Gasteiger partial charge in [-0.15, -0.1) is 0 Å². The Hall–Kier alpha value is -2.25. The van der Waals surface area contributed by atoms with Crippen LogP contribution in [0.3, 0.4) is 0 Å². The molecule has 0 radical (unpaired) electrons. The molecule has 2 aromatic rings. The molecule has 0 aliphatic heterocycles. The van der Waals surface area contributed by atoms with E-state index in [1.807, 2.05) is 30.3 Å². The topological polar surface area (TPSA) is 66.2 Å². The van der Waals surface area contributed by atoms with Crippen LogP contribution in [-0.4, -0.2) is 6.04 Å². The Kier molecular flexibility index (Phi) is 3.44. The van der Waals surface area contributed by atoms with Crippen LogP contribution in [0, 0.1) is 11.3 Å². The van der Waals surface area contributed by atoms with Crippen molar-refractivity contribution in [2.24, 2.45) is 5.73 Å². The monoisotopic (exact) mass is 267 g/mol. The van der Waals surface area contributed by atoms with Crippen molar-refractivity contribution in [2.75, 3.05) is 4.90 Å². The van der Waals surface area contributed by atoms with E-state index in [9.17, 15) is 5.26 Å². The maximum Gasteiger partial charge on any atom is 0.123 e. The van der Waals surface area contributed by atoms with Crippen molar-refractivity contribution in [1.29, 1.82) is 5.26 Å². The van der Waals surface area contributed by atoms with Gasteiger partial charge in [0.25, 0.3) is 0 Å². The summed E-state index contributed by atoms with van der Waals surface area (Å²) < 4.78 is 5.44. The zero-order valence-electron chi connectivity index (χ0n) is 11.2. The second-order valence-corrected chi connectivity index (χ2v) is 5.11. The fraction of sp³-hybridized carbons (Fsp3) is 0.312. The van der Waals surface area contributed by atoms with E-state index >= 15 is 0 Å². The number of anilines is 1. The summed E-state index contributed by atoms with van der Waals surface area (Å²) in [7, 11) is 0. The summed E-state index contributed by atoms with van der Waals surface area (Å²) >= 11 is 0. The van der Waals surface area contributed by atoms with E-state index in [1.54, 1.807) is 6.26 Å². The van der Waals surface area contributed by atoms with E-state index in [4.69, 9.17) is 10.2 Å². The number of nitrogens with two attached hydrogens (primary N) is 1. The van der Waals surface area contributed by atoms with Crippen LogP contribution in [0.4, 0.5) is 5.69 Å². The maximum atomic E-state index is 9.37. The summed E-state index contributed by atoms with van der Waals surface area (Å²) in [5.41, 5.74) is 8.29. The highest BCUT2D eigenvalue weighted by Gasteiger charge is 2.31. The molecule has 1 aliphatic carbocycles. The van der Waals surface area contributed by atoms with Crippen molar-refractivity contribution in [1.82, 2.24) is 0 Å². The van der Waals surface area contributed by atoms with Gasteiger partial charge >= 0.3 is 0 Å². The molecule has 0 amide bonds. The van der Waals surface area contributed by atoms with Crippen LogP contribution < -0.4 is 10.6 Å². The molecule has 1 heterocycles. The smallest absolute Gasteiger partial charge is 0.123 e. The molecule has 102 valence electrons. The van der Waals surface area contributed by atoms with Crippen molar-refractivity contribution >= 4 is 5.69 Å². The molecule has 1 fully saturated rings. The quantitative estimate of drug-likeness (QED) is 0.904. The van der Waals surface area contributed by atoms with Crippen LogP contribution in [0.5, 0.6) is 0 Å². The third kappa shape index (κ3) is 2.54. The minimum absolute atomic E-state index is 0.455. The summed E-state index contributed by atoms with van der Waals surface area (Å²) in [4.78, 5) is 2.26. The normalized spacial score (nSPS) is 14.0. The summed E-state index contributed by atoms with van der Waals surface area (Å²) in [5, 5.41) is 9.37. The number of rotatable bonds is 5. The molecule has 1 aliphatic rings. The molecular weight excluding hydrogens is 250 g/mol. The second kappa shape index (κ2) is 5.40. The van der Waals surface area contributed by atoms with Gasteiger partial charge in [0.2, 0.25) is 0 Å². The van der Waals surface area contributed by atoms with Gasteiger partial charge in [0.15, 0.2) is 0 Å². The Morgan fingerprint density at radius 1 is 1.35 bits per heavy atom. The van der Waals surface area contributed by atoms with Gasteiger partial charge in [-0.3, -0.25) is 0 Å². The number of hydrogen-bond donors (Lipinski definition) is 1. The number of benzene rings is 1. The highest BCUT2D eigenvalue weighted by atomic mass is 16.3. The van der Waals surface area contributed by atoms with Crippen LogP contribution in [0.15, 0.2) is 41.0 Å². The molecule has 1 aromatic carbocycles. The van der Waals surface area contributed by atoms with E-state index in [-0.39, 0.29) is 0 Å². The van der Waals surface area contributed by atoms with Gasteiger partial charge in [0.1, 0.15) is 11.8 Å². The molecule has 4 nitrogen and oxygen atoms in total. The van der Waals surface area contributed by atoms with Crippen molar-refractivity contribution in [2.45, 2.75) is 32.0 Å². The average molecular weight is 267 g/mol. The molecule has 1 aromatic heterocycles. The molecule has 0 spiro atoms. The lowest BCUT2D eigenvalue weighted by molar-refractivity contribution is 0.501. The summed E-state index contributed by atoms with van der Waals surface area (Å²) in [6.07, 6.45) is 4.03. The van der Waals surface area contributed by atoms with Crippen LogP contribution in [-0.2, 0) is 13.1 Å². The summed E-state index contributed by atoms with van der Waals surface area (Å²) in [6.45, 7) is 1.16. The first-order valence-corrected chi connectivity index (χ1v) is 6.84. The van der Waals surface area contributed by atoms with E-state index < -0.39 is 0 Å². The van der Waals surface area contributed by atoms with E-state index in [2.05, 4.69) is 11.0 Å². The Balaban J connectivity index is 1.93. The van der Waals surface area contributed by atoms with Gasteiger partial charge < -0.3 is 15.1 Å². The van der Waals surface area contributed by atoms with Gasteiger partial charge in [0, 0.05) is 12.6 Å². The zero-order valence-corrected chi connectivity index (χ0v) is 11.2. The highest BCUT2D eigenvalue weighted by Crippen LogP contribution is 2.35. The Bertz CT molecular complexity index is 624. The van der Waals surface area contributed by atoms with Gasteiger partial charge in [-0.25, -0.2) is 0 Å². The summed E-state index contributed by atoms with van der Waals surface area (Å²) in [5.74, 6) is 0.920. The maximum absolute atomic E-state index is 9.37. The minimum atomic E-state index is 0.455. The number of nitriles is 1. The molecule has 1 saturated carbocycles. The predicted molar refractivity (Wildman–Crippen MR) is 77.0 cm³/mol. The Morgan fingerprint density at radius 2 is 2.20 bits per heavy atom. The number of nitrogens with zero attached hydrogens (tertiary/aromatic N) is 2. The van der Waals surface area contributed by atoms with Crippen LogP contribution >= 0.6 is 0 Å². The third-order valence-corrected chi connectivity index (χ3v) is 3.62. The molecule has 3 rings (SSSR count). The predicted octanol–water partition coefficient (Wildman–Crippen LogP) is 2.78. The first-order chi connectivity index (χ1) is 9.81. The Morgan fingerprint density at radius 3 is 2.80 bits per heavy atom. The minimum Gasteiger partial charge on any atom is -0.467 e. The lowest BCUT2D eigenvalue weighted by Gasteiger charge is -2.25. The van der Waals surface area contributed by atoms with Crippen molar-refractivity contribution in [3.05, 3.63) is 53.5 Å². The first kappa shape index (κ1) is 12.8. The first-order valence-electron chi connectivity index (χ1n) is 6.84. The van der Waals surface area contributed by atoms with Crippen LogP contribution in [0.1, 0.15) is 29.7 Å². The lowest BCUT2D eigenvalue weighted by Crippen LogP contribution is -2.25. The molecule has 0 atom stereocenters. The molecule has 0 bridgehead atoms. The number of furan rings is 1. The van der Waals surface area contributed by atoms with Gasteiger partial charge in [-0.1, -0.05) is 6.07 Å². The fourth-order valence-corrected chi connectivity index (χ4v) is 2.42. The molecular formula is C16H17N3O. The van der Waals surface area contributed by atoms with Gasteiger partial charge in [-0.05, 0) is 42.7 Å². The lowest BCUT2D eigenvalue weighted by atomic mass is 10.1. The zero-order chi connectivity index (χ0) is 13.9. The Labute approximate surface area is 118 Å². The van der Waals surface area contributed by atoms with Gasteiger partial charge in [-0.2, -0.15) is 5.26 Å². The van der Waals surface area contributed by atoms with E-state index in [0.717, 1.165) is 17.0 Å². The largest absolute Gasteiger partial charge is 0.467 e. The van der Waals surface area contributed by atoms with Gasteiger partial charge in [0.05, 0.1) is 24.1 Å². The van der Waals surface area contributed by atoms with Crippen LogP contribution in [0.25, 0.3) is 0 Å². The molecule has 20 heavy (non-hydrogen) atoms. The molecule has 4 heteroatoms. The third-order valence-electron chi connectivity index (χ3n) is 3.62. The SMILES string of the molecule is N#Cc1cc(CN)ccc1N(Cc1ccco1)C1CC1. The fourth-order valence-electron chi connectivity index (χ4n) is 2.42. The van der Waals surface area contributed by atoms with Crippen molar-refractivity contribution in [3.63, 3.8) is 0 Å². The van der Waals surface area contributed by atoms with Crippen LogP contribution in [0.2, 0.25) is 0 Å². The molecule has 0 saturated heterocycles. The molecule has 2 N–H and O–H groups in total. The van der Waals surface area contributed by atoms with E-state index in [0.29, 0.717) is 24.7 Å². The van der Waals surface area contributed by atoms with E-state index in [1.165, 1.54) is 12.8 Å². The second-order valence-electron chi connectivity index (χ2n) is 5.11. The van der Waals surface area contributed by atoms with Crippen molar-refractivity contribution in [3.8, 4) is 6.07 Å². The average Bonchev–Trinajstić information content (AvgIpc) is 3.21. The summed E-state index contributed by atoms with van der Waals surface area (Å²) in [6, 6.07) is 12.5. The molecule has 0 unspecified atom stereocenters. The standard InChI is InChI=1S/C16H17N3O/c17-9-12-3-6-16(13(8-12)10-18)19(14-4-5-14)11-15-2-1-7-20-15/h1-3,6-8,14H,4-5,9,11,17H2.